The van der Waals surface area contributed by atoms with Crippen LogP contribution >= 0.6 is 0 Å². The van der Waals surface area contributed by atoms with Gasteiger partial charge in [0.05, 0.1) is 6.10 Å². The summed E-state index contributed by atoms with van der Waals surface area (Å²) in [6.45, 7) is 4.60. The van der Waals surface area contributed by atoms with Gasteiger partial charge in [-0.25, -0.2) is 0 Å². The number of nitrogens with zero attached hydrogens (tertiary/aromatic N) is 2. The van der Waals surface area contributed by atoms with Crippen LogP contribution in [-0.2, 0) is 10.2 Å². The second-order valence-corrected chi connectivity index (χ2v) is 8.40. The van der Waals surface area contributed by atoms with Crippen molar-refractivity contribution < 1.29 is 13.5 Å². The Kier molecular flexibility index (Phi) is 3.62. The molecule has 3 atom stereocenters. The van der Waals surface area contributed by atoms with Crippen LogP contribution in [0.25, 0.3) is 0 Å². The number of rotatable bonds is 2. The van der Waals surface area contributed by atoms with Crippen molar-refractivity contribution in [3.63, 3.8) is 0 Å². The van der Waals surface area contributed by atoms with Gasteiger partial charge in [0.1, 0.15) is 0 Å². The zero-order valence-electron chi connectivity index (χ0n) is 11.5. The molecule has 6 heteroatoms. The molecule has 1 N–H and O–H groups in total. The van der Waals surface area contributed by atoms with Crippen molar-refractivity contribution in [1.82, 2.24) is 8.61 Å². The highest BCUT2D eigenvalue weighted by Crippen LogP contribution is 2.39. The molecule has 3 rings (SSSR count). The molecule has 0 amide bonds. The fraction of sp³-hybridized carbons (Fsp3) is 1.00. The Morgan fingerprint density at radius 3 is 2.32 bits per heavy atom. The number of fused-ring (bicyclic) bond motifs is 1. The third kappa shape index (κ3) is 2.44. The first-order valence-corrected chi connectivity index (χ1v) is 8.81. The van der Waals surface area contributed by atoms with E-state index < -0.39 is 10.2 Å². The minimum atomic E-state index is -3.30. The summed E-state index contributed by atoms with van der Waals surface area (Å²) < 4.78 is 28.5. The van der Waals surface area contributed by atoms with Gasteiger partial charge in [0.25, 0.3) is 10.2 Å². The summed E-state index contributed by atoms with van der Waals surface area (Å²) >= 11 is 0. The fourth-order valence-corrected chi connectivity index (χ4v) is 5.50. The van der Waals surface area contributed by atoms with Gasteiger partial charge in [-0.15, -0.1) is 0 Å². The molecule has 110 valence electrons. The smallest absolute Gasteiger partial charge is 0.281 e. The summed E-state index contributed by atoms with van der Waals surface area (Å²) in [6, 6.07) is 0. The Morgan fingerprint density at radius 2 is 1.68 bits per heavy atom. The molecule has 2 heterocycles. The lowest BCUT2D eigenvalue weighted by Crippen LogP contribution is -2.46. The molecule has 0 radical (unpaired) electrons. The van der Waals surface area contributed by atoms with E-state index in [9.17, 15) is 13.5 Å². The van der Waals surface area contributed by atoms with Crippen molar-refractivity contribution in [3.05, 3.63) is 0 Å². The van der Waals surface area contributed by atoms with Crippen LogP contribution in [-0.4, -0.2) is 54.4 Å². The highest BCUT2D eigenvalue weighted by molar-refractivity contribution is 7.86. The van der Waals surface area contributed by atoms with Gasteiger partial charge in [-0.1, -0.05) is 6.92 Å². The van der Waals surface area contributed by atoms with Crippen LogP contribution in [0.2, 0.25) is 0 Å². The van der Waals surface area contributed by atoms with Crippen molar-refractivity contribution in [1.29, 1.82) is 0 Å². The molecular weight excluding hydrogens is 264 g/mol. The summed E-state index contributed by atoms with van der Waals surface area (Å²) in [5, 5.41) is 9.89. The molecule has 2 saturated heterocycles. The van der Waals surface area contributed by atoms with E-state index in [0.717, 1.165) is 25.7 Å². The molecule has 0 bridgehead atoms. The van der Waals surface area contributed by atoms with Gasteiger partial charge < -0.3 is 5.11 Å². The van der Waals surface area contributed by atoms with E-state index in [1.165, 1.54) is 0 Å². The molecule has 0 aromatic carbocycles. The van der Waals surface area contributed by atoms with Gasteiger partial charge >= 0.3 is 0 Å². The van der Waals surface area contributed by atoms with Gasteiger partial charge in [-0.3, -0.25) is 0 Å². The van der Waals surface area contributed by atoms with E-state index in [1.807, 2.05) is 0 Å². The molecule has 3 fully saturated rings. The molecule has 5 nitrogen and oxygen atoms in total. The Bertz CT molecular complexity index is 431. The lowest BCUT2D eigenvalue weighted by molar-refractivity contribution is 0.129. The predicted octanol–water partition coefficient (Wildman–Crippen LogP) is 0.666. The van der Waals surface area contributed by atoms with Gasteiger partial charge in [0.15, 0.2) is 0 Å². The monoisotopic (exact) mass is 288 g/mol. The van der Waals surface area contributed by atoms with Gasteiger partial charge in [-0.05, 0) is 37.5 Å². The fourth-order valence-electron chi connectivity index (χ4n) is 3.76. The zero-order valence-corrected chi connectivity index (χ0v) is 12.3. The summed E-state index contributed by atoms with van der Waals surface area (Å²) in [6.07, 6.45) is 3.43. The van der Waals surface area contributed by atoms with Crippen LogP contribution in [0.15, 0.2) is 0 Å². The highest BCUT2D eigenvalue weighted by atomic mass is 32.2. The lowest BCUT2D eigenvalue weighted by Gasteiger charge is -2.32. The zero-order chi connectivity index (χ0) is 13.6. The predicted molar refractivity (Wildman–Crippen MR) is 72.7 cm³/mol. The highest BCUT2D eigenvalue weighted by Gasteiger charge is 2.46. The largest absolute Gasteiger partial charge is 0.393 e. The van der Waals surface area contributed by atoms with E-state index in [4.69, 9.17) is 0 Å². The van der Waals surface area contributed by atoms with Crippen LogP contribution in [0.4, 0.5) is 0 Å². The Labute approximate surface area is 115 Å². The second-order valence-electron chi connectivity index (χ2n) is 6.47. The van der Waals surface area contributed by atoms with E-state index in [2.05, 4.69) is 6.92 Å². The summed E-state index contributed by atoms with van der Waals surface area (Å²) in [4.78, 5) is 0. The van der Waals surface area contributed by atoms with Crippen LogP contribution in [0.1, 0.15) is 32.6 Å². The molecule has 3 unspecified atom stereocenters. The molecule has 2 aliphatic heterocycles. The van der Waals surface area contributed by atoms with Gasteiger partial charge in [0.2, 0.25) is 0 Å². The van der Waals surface area contributed by atoms with E-state index in [0.29, 0.717) is 38.0 Å². The van der Waals surface area contributed by atoms with E-state index in [-0.39, 0.29) is 12.0 Å². The third-order valence-corrected chi connectivity index (χ3v) is 7.15. The van der Waals surface area contributed by atoms with E-state index >= 15 is 0 Å². The molecule has 19 heavy (non-hydrogen) atoms. The Balaban J connectivity index is 1.68. The van der Waals surface area contributed by atoms with Crippen molar-refractivity contribution >= 4 is 10.2 Å². The van der Waals surface area contributed by atoms with Crippen molar-refractivity contribution in [2.24, 2.45) is 17.8 Å². The SMILES string of the molecule is CC1CCN(S(=O)(=O)N2CC3CCC(O)C3C2)CC1. The number of hydrogen-bond donors (Lipinski definition) is 1. The average molecular weight is 288 g/mol. The quantitative estimate of drug-likeness (QED) is 0.812. The van der Waals surface area contributed by atoms with Crippen molar-refractivity contribution in [3.8, 4) is 0 Å². The summed E-state index contributed by atoms with van der Waals surface area (Å²) in [5.41, 5.74) is 0. The number of hydrogen-bond acceptors (Lipinski definition) is 3. The number of aliphatic hydroxyl groups is 1. The van der Waals surface area contributed by atoms with Crippen LogP contribution in [0.3, 0.4) is 0 Å². The van der Waals surface area contributed by atoms with Crippen LogP contribution in [0.5, 0.6) is 0 Å². The molecular formula is C13H24N2O3S. The standard InChI is InChI=1S/C13H24N2O3S/c1-10-4-6-14(7-5-10)19(17,18)15-8-11-2-3-13(16)12(11)9-15/h10-13,16H,2-9H2,1H3. The Morgan fingerprint density at radius 1 is 1.00 bits per heavy atom. The third-order valence-electron chi connectivity index (χ3n) is 5.18. The topological polar surface area (TPSA) is 60.9 Å². The van der Waals surface area contributed by atoms with Gasteiger partial charge in [0, 0.05) is 32.1 Å². The molecule has 0 spiro atoms. The summed E-state index contributed by atoms with van der Waals surface area (Å²) in [7, 11) is -3.30. The maximum atomic E-state index is 12.6. The first-order valence-electron chi connectivity index (χ1n) is 7.42. The number of aliphatic hydroxyl groups excluding tert-OH is 1. The van der Waals surface area contributed by atoms with E-state index in [1.54, 1.807) is 8.61 Å². The minimum Gasteiger partial charge on any atom is -0.393 e. The van der Waals surface area contributed by atoms with Crippen LogP contribution < -0.4 is 0 Å². The lowest BCUT2D eigenvalue weighted by atomic mass is 10.00. The maximum absolute atomic E-state index is 12.6. The average Bonchev–Trinajstić information content (AvgIpc) is 2.93. The minimum absolute atomic E-state index is 0.165. The molecule has 1 saturated carbocycles. The number of piperidine rings is 1. The summed E-state index contributed by atoms with van der Waals surface area (Å²) in [5.74, 6) is 1.17. The first-order chi connectivity index (χ1) is 8.98. The normalized spacial score (nSPS) is 38.7. The van der Waals surface area contributed by atoms with Gasteiger partial charge in [-0.2, -0.15) is 17.0 Å². The molecule has 0 aromatic rings. The van der Waals surface area contributed by atoms with Crippen molar-refractivity contribution in [2.45, 2.75) is 38.7 Å². The van der Waals surface area contributed by atoms with Crippen LogP contribution in [0, 0.1) is 17.8 Å². The molecule has 1 aliphatic carbocycles. The Hall–Kier alpha value is -0.170. The molecule has 0 aromatic heterocycles. The maximum Gasteiger partial charge on any atom is 0.281 e. The first kappa shape index (κ1) is 13.8. The second kappa shape index (κ2) is 4.98. The van der Waals surface area contributed by atoms with Crippen molar-refractivity contribution in [2.75, 3.05) is 26.2 Å². The molecule has 3 aliphatic rings.